The first-order valence-corrected chi connectivity index (χ1v) is 5.42. The monoisotopic (exact) mass is 336 g/mol. The SMILES string of the molecule is CO.CO.[CH2-]c1ccccc1.[CH2-]c1ccccc1.[Zr+2]. The van der Waals surface area contributed by atoms with E-state index in [0.717, 1.165) is 25.3 Å². The third-order valence-electron chi connectivity index (χ3n) is 1.69. The molecule has 0 aliphatic heterocycles. The summed E-state index contributed by atoms with van der Waals surface area (Å²) in [5.74, 6) is 0. The van der Waals surface area contributed by atoms with Gasteiger partial charge in [0.05, 0.1) is 0 Å². The van der Waals surface area contributed by atoms with Gasteiger partial charge in [-0.1, -0.05) is 12.1 Å². The number of hydrogen-bond acceptors (Lipinski definition) is 2. The van der Waals surface area contributed by atoms with Gasteiger partial charge in [0.15, 0.2) is 0 Å². The Balaban J connectivity index is -0.000000205. The molecule has 0 atom stereocenters. The Bertz CT molecular complexity index is 312. The molecule has 0 unspecified atom stereocenters. The van der Waals surface area contributed by atoms with Crippen LogP contribution in [0.2, 0.25) is 0 Å². The molecule has 0 saturated carbocycles. The summed E-state index contributed by atoms with van der Waals surface area (Å²) in [6.07, 6.45) is 0. The maximum Gasteiger partial charge on any atom is 2.00 e. The first-order valence-electron chi connectivity index (χ1n) is 5.42. The Kier molecular flexibility index (Phi) is 23.5. The molecule has 0 spiro atoms. The molecule has 2 aromatic rings. The minimum atomic E-state index is 0. The summed E-state index contributed by atoms with van der Waals surface area (Å²) in [7, 11) is 2.00. The van der Waals surface area contributed by atoms with E-state index < -0.39 is 0 Å². The van der Waals surface area contributed by atoms with Gasteiger partial charge in [-0.15, -0.1) is 24.3 Å². The van der Waals surface area contributed by atoms with Crippen LogP contribution in [0.25, 0.3) is 0 Å². The zero-order chi connectivity index (χ0) is 14.2. The summed E-state index contributed by atoms with van der Waals surface area (Å²) in [6.45, 7) is 7.44. The van der Waals surface area contributed by atoms with Crippen molar-refractivity contribution in [1.82, 2.24) is 0 Å². The third kappa shape index (κ3) is 17.0. The molecule has 102 valence electrons. The zero-order valence-corrected chi connectivity index (χ0v) is 14.0. The van der Waals surface area contributed by atoms with Gasteiger partial charge in [-0.25, -0.2) is 0 Å². The second kappa shape index (κ2) is 19.3. The Morgan fingerprint density at radius 3 is 0.895 bits per heavy atom. The summed E-state index contributed by atoms with van der Waals surface area (Å²) in [5.41, 5.74) is 2.14. The maximum atomic E-state index is 7.00. The normalized spacial score (nSPS) is 6.95. The predicted molar refractivity (Wildman–Crippen MR) is 78.1 cm³/mol. The van der Waals surface area contributed by atoms with Crippen molar-refractivity contribution < 1.29 is 36.4 Å². The van der Waals surface area contributed by atoms with Crippen molar-refractivity contribution in [3.63, 3.8) is 0 Å². The smallest absolute Gasteiger partial charge is 0.400 e. The molecule has 0 bridgehead atoms. The molecule has 0 aliphatic carbocycles. The topological polar surface area (TPSA) is 40.5 Å². The predicted octanol–water partition coefficient (Wildman–Crippen LogP) is 2.95. The largest absolute Gasteiger partial charge is 2.00 e. The van der Waals surface area contributed by atoms with Crippen molar-refractivity contribution in [3.8, 4) is 0 Å². The molecule has 0 aliphatic rings. The Morgan fingerprint density at radius 1 is 0.579 bits per heavy atom. The molecule has 0 heterocycles. The molecule has 0 saturated heterocycles. The summed E-state index contributed by atoms with van der Waals surface area (Å²) in [6, 6.07) is 19.7. The van der Waals surface area contributed by atoms with Crippen molar-refractivity contribution in [3.05, 3.63) is 85.6 Å². The molecule has 2 N–H and O–H groups in total. The van der Waals surface area contributed by atoms with E-state index in [1.165, 1.54) is 0 Å². The van der Waals surface area contributed by atoms with E-state index in [1.54, 1.807) is 0 Å². The van der Waals surface area contributed by atoms with Crippen LogP contribution in [0.3, 0.4) is 0 Å². The quantitative estimate of drug-likeness (QED) is 0.726. The van der Waals surface area contributed by atoms with E-state index in [0.29, 0.717) is 0 Å². The van der Waals surface area contributed by atoms with Crippen LogP contribution in [0.4, 0.5) is 0 Å². The van der Waals surface area contributed by atoms with Crippen LogP contribution in [0.15, 0.2) is 60.7 Å². The Morgan fingerprint density at radius 2 is 0.789 bits per heavy atom. The van der Waals surface area contributed by atoms with Gasteiger partial charge in [0, 0.05) is 14.2 Å². The van der Waals surface area contributed by atoms with Crippen LogP contribution >= 0.6 is 0 Å². The minimum absolute atomic E-state index is 0. The van der Waals surface area contributed by atoms with Gasteiger partial charge >= 0.3 is 26.2 Å². The fourth-order valence-electron chi connectivity index (χ4n) is 0.956. The number of rotatable bonds is 0. The fraction of sp³-hybridized carbons (Fsp3) is 0.125. The molecule has 3 heteroatoms. The first kappa shape index (κ1) is 23.1. The van der Waals surface area contributed by atoms with Crippen LogP contribution in [0, 0.1) is 13.8 Å². The minimum Gasteiger partial charge on any atom is -0.400 e. The van der Waals surface area contributed by atoms with Crippen molar-refractivity contribution in [1.29, 1.82) is 0 Å². The van der Waals surface area contributed by atoms with Gasteiger partial charge < -0.3 is 10.2 Å². The van der Waals surface area contributed by atoms with Crippen LogP contribution < -0.4 is 0 Å². The fourth-order valence-corrected chi connectivity index (χ4v) is 0.956. The van der Waals surface area contributed by atoms with Crippen molar-refractivity contribution in [2.24, 2.45) is 0 Å². The Labute approximate surface area is 136 Å². The van der Waals surface area contributed by atoms with E-state index in [2.05, 4.69) is 13.8 Å². The van der Waals surface area contributed by atoms with Crippen LogP contribution in [0.5, 0.6) is 0 Å². The van der Waals surface area contributed by atoms with Crippen LogP contribution in [0.1, 0.15) is 11.1 Å². The van der Waals surface area contributed by atoms with Gasteiger partial charge in [-0.2, -0.15) is 49.2 Å². The van der Waals surface area contributed by atoms with E-state index in [9.17, 15) is 0 Å². The number of aliphatic hydroxyl groups excluding tert-OH is 2. The molecular weight excluding hydrogens is 315 g/mol. The van der Waals surface area contributed by atoms with Crippen molar-refractivity contribution in [2.75, 3.05) is 14.2 Å². The first-order chi connectivity index (χ1) is 8.79. The van der Waals surface area contributed by atoms with Crippen molar-refractivity contribution in [2.45, 2.75) is 0 Å². The van der Waals surface area contributed by atoms with Gasteiger partial charge in [-0.3, -0.25) is 0 Å². The van der Waals surface area contributed by atoms with E-state index in [4.69, 9.17) is 10.2 Å². The van der Waals surface area contributed by atoms with E-state index in [-0.39, 0.29) is 26.2 Å². The molecule has 2 aromatic carbocycles. The third-order valence-corrected chi connectivity index (χ3v) is 1.69. The molecule has 0 aromatic heterocycles. The second-order valence-corrected chi connectivity index (χ2v) is 2.97. The molecular formula is C16H22O2Zr. The Hall–Kier alpha value is -1.02. The maximum absolute atomic E-state index is 7.00. The van der Waals surface area contributed by atoms with Gasteiger partial charge in [0.1, 0.15) is 0 Å². The van der Waals surface area contributed by atoms with Crippen molar-refractivity contribution >= 4 is 0 Å². The molecule has 2 nitrogen and oxygen atoms in total. The zero-order valence-electron chi connectivity index (χ0n) is 11.6. The average Bonchev–Trinajstić information content (AvgIpc) is 2.46. The summed E-state index contributed by atoms with van der Waals surface area (Å²) in [4.78, 5) is 0. The van der Waals surface area contributed by atoms with Gasteiger partial charge in [0.2, 0.25) is 0 Å². The average molecular weight is 338 g/mol. The molecule has 0 radical (unpaired) electrons. The summed E-state index contributed by atoms with van der Waals surface area (Å²) >= 11 is 0. The number of benzene rings is 2. The van der Waals surface area contributed by atoms with Crippen LogP contribution in [-0.4, -0.2) is 24.4 Å². The van der Waals surface area contributed by atoms with E-state index >= 15 is 0 Å². The number of aliphatic hydroxyl groups is 2. The van der Waals surface area contributed by atoms with E-state index in [1.807, 2.05) is 60.7 Å². The molecule has 0 amide bonds. The molecule has 19 heavy (non-hydrogen) atoms. The molecule has 2 rings (SSSR count). The summed E-state index contributed by atoms with van der Waals surface area (Å²) < 4.78 is 0. The molecule has 0 fully saturated rings. The van der Waals surface area contributed by atoms with Crippen LogP contribution in [-0.2, 0) is 26.2 Å². The van der Waals surface area contributed by atoms with Gasteiger partial charge in [0.25, 0.3) is 0 Å². The summed E-state index contributed by atoms with van der Waals surface area (Å²) in [5, 5.41) is 14.0. The standard InChI is InChI=1S/2C7H7.2CH4O.Zr/c2*1-7-5-3-2-4-6-7;2*1-2;/h2*2-6H,1H2;2*2H,1H3;/q2*-1;;;+2. The number of hydrogen-bond donors (Lipinski definition) is 2. The van der Waals surface area contributed by atoms with Gasteiger partial charge in [-0.05, 0) is 0 Å². The second-order valence-electron chi connectivity index (χ2n) is 2.97.